The van der Waals surface area contributed by atoms with Gasteiger partial charge in [-0.2, -0.15) is 0 Å². The molecule has 2 rings (SSSR count). The van der Waals surface area contributed by atoms with Gasteiger partial charge in [-0.1, -0.05) is 0 Å². The van der Waals surface area contributed by atoms with Crippen molar-refractivity contribution in [2.24, 2.45) is 0 Å². The maximum absolute atomic E-state index is 8.83. The summed E-state index contributed by atoms with van der Waals surface area (Å²) >= 11 is 1.75. The van der Waals surface area contributed by atoms with Gasteiger partial charge in [0.05, 0.1) is 5.01 Å². The van der Waals surface area contributed by atoms with Crippen LogP contribution in [-0.4, -0.2) is 41.2 Å². The highest BCUT2D eigenvalue weighted by atomic mass is 32.1. The molecule has 0 saturated carbocycles. The second kappa shape index (κ2) is 5.05. The Morgan fingerprint density at radius 3 is 3.20 bits per heavy atom. The van der Waals surface area contributed by atoms with Crippen LogP contribution in [0.5, 0.6) is 0 Å². The van der Waals surface area contributed by atoms with Gasteiger partial charge in [0.1, 0.15) is 0 Å². The van der Waals surface area contributed by atoms with Crippen LogP contribution in [-0.2, 0) is 12.8 Å². The average Bonchev–Trinajstić information content (AvgIpc) is 2.79. The van der Waals surface area contributed by atoms with E-state index in [4.69, 9.17) is 5.11 Å². The Morgan fingerprint density at radius 1 is 1.67 bits per heavy atom. The number of rotatable bonds is 4. The minimum atomic E-state index is 0.227. The second-order valence-corrected chi connectivity index (χ2v) is 5.37. The molecule has 4 heteroatoms. The first-order valence-corrected chi connectivity index (χ1v) is 6.36. The molecule has 0 spiro atoms. The molecule has 1 atom stereocenters. The molecule has 2 heterocycles. The summed E-state index contributed by atoms with van der Waals surface area (Å²) in [4.78, 5) is 8.04. The van der Waals surface area contributed by atoms with Gasteiger partial charge in [-0.25, -0.2) is 4.98 Å². The summed E-state index contributed by atoms with van der Waals surface area (Å²) in [5.74, 6) is 0. The number of likely N-dealkylation sites (N-methyl/N-ethyl adjacent to an activating group) is 1. The fraction of sp³-hybridized carbons (Fsp3) is 0.727. The summed E-state index contributed by atoms with van der Waals surface area (Å²) in [5, 5.41) is 10.0. The van der Waals surface area contributed by atoms with Gasteiger partial charge in [0.2, 0.25) is 0 Å². The summed E-state index contributed by atoms with van der Waals surface area (Å²) in [5.41, 5.74) is 0. The standard InChI is InChI=1S/C11H18N2OS/c1-13-5-2-3-9(13)7-11-12-8-10(15-11)4-6-14/h8-9,14H,2-7H2,1H3. The fourth-order valence-electron chi connectivity index (χ4n) is 2.11. The van der Waals surface area contributed by atoms with Gasteiger partial charge in [0.25, 0.3) is 0 Å². The largest absolute Gasteiger partial charge is 0.396 e. The maximum atomic E-state index is 8.83. The van der Waals surface area contributed by atoms with Gasteiger partial charge in [-0.05, 0) is 26.4 Å². The summed E-state index contributed by atoms with van der Waals surface area (Å²) in [6, 6.07) is 0.679. The highest BCUT2D eigenvalue weighted by Crippen LogP contribution is 2.22. The molecule has 1 aromatic rings. The lowest BCUT2D eigenvalue weighted by Gasteiger charge is -2.17. The summed E-state index contributed by atoms with van der Waals surface area (Å²) in [6.45, 7) is 1.45. The molecule has 1 unspecified atom stereocenters. The van der Waals surface area contributed by atoms with Gasteiger partial charge in [-0.15, -0.1) is 11.3 Å². The molecule has 0 aromatic carbocycles. The normalized spacial score (nSPS) is 22.4. The third-order valence-electron chi connectivity index (χ3n) is 3.04. The molecule has 1 aliphatic rings. The van der Waals surface area contributed by atoms with Crippen molar-refractivity contribution in [3.05, 3.63) is 16.1 Å². The molecular weight excluding hydrogens is 208 g/mol. The molecule has 1 N–H and O–H groups in total. The Hall–Kier alpha value is -0.450. The number of hydrogen-bond donors (Lipinski definition) is 1. The third kappa shape index (κ3) is 2.77. The number of likely N-dealkylation sites (tertiary alicyclic amines) is 1. The molecule has 0 radical (unpaired) electrons. The first-order valence-electron chi connectivity index (χ1n) is 5.54. The van der Waals surface area contributed by atoms with Crippen molar-refractivity contribution >= 4 is 11.3 Å². The molecular formula is C11H18N2OS. The van der Waals surface area contributed by atoms with Gasteiger partial charge in [-0.3, -0.25) is 0 Å². The van der Waals surface area contributed by atoms with E-state index in [9.17, 15) is 0 Å². The lowest BCUT2D eigenvalue weighted by Crippen LogP contribution is -2.26. The number of nitrogens with zero attached hydrogens (tertiary/aromatic N) is 2. The predicted octanol–water partition coefficient (Wildman–Crippen LogP) is 1.31. The molecule has 0 bridgehead atoms. The zero-order chi connectivity index (χ0) is 10.7. The summed E-state index contributed by atoms with van der Waals surface area (Å²) in [7, 11) is 2.19. The number of aliphatic hydroxyl groups excluding tert-OH is 1. The minimum absolute atomic E-state index is 0.227. The number of aliphatic hydroxyl groups is 1. The van der Waals surface area contributed by atoms with Crippen LogP contribution >= 0.6 is 11.3 Å². The summed E-state index contributed by atoms with van der Waals surface area (Å²) in [6.07, 6.45) is 6.34. The smallest absolute Gasteiger partial charge is 0.0943 e. The van der Waals surface area contributed by atoms with E-state index in [2.05, 4.69) is 16.9 Å². The predicted molar refractivity (Wildman–Crippen MR) is 62.3 cm³/mol. The number of hydrogen-bond acceptors (Lipinski definition) is 4. The SMILES string of the molecule is CN1CCCC1Cc1ncc(CCO)s1. The minimum Gasteiger partial charge on any atom is -0.396 e. The Bertz CT molecular complexity index is 313. The van der Waals surface area contributed by atoms with Gasteiger partial charge < -0.3 is 10.0 Å². The summed E-state index contributed by atoms with van der Waals surface area (Å²) < 4.78 is 0. The molecule has 84 valence electrons. The van der Waals surface area contributed by atoms with E-state index < -0.39 is 0 Å². The first-order chi connectivity index (χ1) is 7.29. The molecule has 1 aromatic heterocycles. The number of thiazole rings is 1. The zero-order valence-corrected chi connectivity index (χ0v) is 9.96. The topological polar surface area (TPSA) is 36.4 Å². The van der Waals surface area contributed by atoms with Crippen molar-refractivity contribution in [1.29, 1.82) is 0 Å². The van der Waals surface area contributed by atoms with Crippen molar-refractivity contribution in [3.63, 3.8) is 0 Å². The second-order valence-electron chi connectivity index (χ2n) is 4.17. The third-order valence-corrected chi connectivity index (χ3v) is 4.12. The Kier molecular flexibility index (Phi) is 3.72. The fourth-order valence-corrected chi connectivity index (χ4v) is 3.09. The van der Waals surface area contributed by atoms with Crippen molar-refractivity contribution < 1.29 is 5.11 Å². The molecule has 0 amide bonds. The van der Waals surface area contributed by atoms with Crippen LogP contribution in [0.15, 0.2) is 6.20 Å². The molecule has 3 nitrogen and oxygen atoms in total. The number of aromatic nitrogens is 1. The zero-order valence-electron chi connectivity index (χ0n) is 9.15. The van der Waals surface area contributed by atoms with Crippen molar-refractivity contribution in [1.82, 2.24) is 9.88 Å². The average molecular weight is 226 g/mol. The highest BCUT2D eigenvalue weighted by Gasteiger charge is 2.21. The van der Waals surface area contributed by atoms with Crippen molar-refractivity contribution in [2.45, 2.75) is 31.7 Å². The van der Waals surface area contributed by atoms with Crippen LogP contribution in [0.4, 0.5) is 0 Å². The van der Waals surface area contributed by atoms with Crippen LogP contribution in [0.2, 0.25) is 0 Å². The maximum Gasteiger partial charge on any atom is 0.0943 e. The van der Waals surface area contributed by atoms with E-state index >= 15 is 0 Å². The van der Waals surface area contributed by atoms with Crippen LogP contribution < -0.4 is 0 Å². The van der Waals surface area contributed by atoms with E-state index in [-0.39, 0.29) is 6.61 Å². The van der Waals surface area contributed by atoms with Crippen LogP contribution in [0, 0.1) is 0 Å². The Morgan fingerprint density at radius 2 is 2.53 bits per heavy atom. The molecule has 1 fully saturated rings. The quantitative estimate of drug-likeness (QED) is 0.841. The first kappa shape index (κ1) is 11.0. The van der Waals surface area contributed by atoms with E-state index in [1.807, 2.05) is 6.20 Å². The monoisotopic (exact) mass is 226 g/mol. The Labute approximate surface area is 94.8 Å². The molecule has 1 aliphatic heterocycles. The van der Waals surface area contributed by atoms with Crippen molar-refractivity contribution in [3.8, 4) is 0 Å². The van der Waals surface area contributed by atoms with Crippen molar-refractivity contribution in [2.75, 3.05) is 20.2 Å². The van der Waals surface area contributed by atoms with E-state index in [0.717, 1.165) is 12.8 Å². The Balaban J connectivity index is 1.92. The van der Waals surface area contributed by atoms with Gasteiger partial charge in [0.15, 0.2) is 0 Å². The van der Waals surface area contributed by atoms with Crippen LogP contribution in [0.3, 0.4) is 0 Å². The van der Waals surface area contributed by atoms with Gasteiger partial charge in [0, 0.05) is 36.6 Å². The van der Waals surface area contributed by atoms with Gasteiger partial charge >= 0.3 is 0 Å². The van der Waals surface area contributed by atoms with E-state index in [0.29, 0.717) is 6.04 Å². The van der Waals surface area contributed by atoms with E-state index in [1.165, 1.54) is 29.3 Å². The lowest BCUT2D eigenvalue weighted by molar-refractivity contribution is 0.300. The van der Waals surface area contributed by atoms with Crippen LogP contribution in [0.25, 0.3) is 0 Å². The van der Waals surface area contributed by atoms with E-state index in [1.54, 1.807) is 11.3 Å². The van der Waals surface area contributed by atoms with Crippen LogP contribution in [0.1, 0.15) is 22.7 Å². The lowest BCUT2D eigenvalue weighted by atomic mass is 10.1. The molecule has 15 heavy (non-hydrogen) atoms. The highest BCUT2D eigenvalue weighted by molar-refractivity contribution is 7.11. The molecule has 1 saturated heterocycles. The molecule has 0 aliphatic carbocycles.